The van der Waals surface area contributed by atoms with Crippen LogP contribution in [-0.2, 0) is 4.79 Å². The molecule has 0 spiro atoms. The first-order valence-electron chi connectivity index (χ1n) is 6.83. The van der Waals surface area contributed by atoms with E-state index >= 15 is 0 Å². The summed E-state index contributed by atoms with van der Waals surface area (Å²) in [6.45, 7) is 5.14. The average Bonchev–Trinajstić information content (AvgIpc) is 2.40. The molecule has 2 unspecified atom stereocenters. The molecule has 1 amide bonds. The van der Waals surface area contributed by atoms with Crippen LogP contribution < -0.4 is 10.6 Å². The van der Waals surface area contributed by atoms with Crippen molar-refractivity contribution in [2.24, 2.45) is 0 Å². The van der Waals surface area contributed by atoms with Crippen LogP contribution in [0.4, 0.5) is 0 Å². The lowest BCUT2D eigenvalue weighted by atomic mass is 10.0. The van der Waals surface area contributed by atoms with Crippen molar-refractivity contribution >= 4 is 17.7 Å². The minimum atomic E-state index is 0.0740. The highest BCUT2D eigenvalue weighted by Gasteiger charge is 2.18. The zero-order chi connectivity index (χ0) is 13.7. The highest BCUT2D eigenvalue weighted by Crippen LogP contribution is 2.17. The van der Waals surface area contributed by atoms with Crippen LogP contribution in [-0.4, -0.2) is 30.0 Å². The summed E-state index contributed by atoms with van der Waals surface area (Å²) in [5.41, 5.74) is 2.42. The van der Waals surface area contributed by atoms with E-state index in [0.29, 0.717) is 12.5 Å². The van der Waals surface area contributed by atoms with Gasteiger partial charge in [-0.1, -0.05) is 24.3 Å². The van der Waals surface area contributed by atoms with E-state index in [-0.39, 0.29) is 11.9 Å². The quantitative estimate of drug-likeness (QED) is 0.887. The number of carbonyl (C=O) groups excluding carboxylic acids is 1. The van der Waals surface area contributed by atoms with Crippen LogP contribution in [0.25, 0.3) is 0 Å². The van der Waals surface area contributed by atoms with Crippen LogP contribution in [0.15, 0.2) is 24.3 Å². The van der Waals surface area contributed by atoms with Crippen molar-refractivity contribution in [1.29, 1.82) is 0 Å². The Bertz CT molecular complexity index is 430. The molecule has 104 valence electrons. The average molecular weight is 278 g/mol. The molecule has 1 aliphatic rings. The molecule has 2 atom stereocenters. The molecule has 0 bridgehead atoms. The number of nitrogens with one attached hydrogen (secondary N) is 2. The summed E-state index contributed by atoms with van der Waals surface area (Å²) in [4.78, 5) is 12.0. The molecule has 0 saturated carbocycles. The van der Waals surface area contributed by atoms with Crippen LogP contribution in [0, 0.1) is 6.92 Å². The van der Waals surface area contributed by atoms with Gasteiger partial charge in [-0.05, 0) is 25.0 Å². The van der Waals surface area contributed by atoms with Gasteiger partial charge in [0.05, 0.1) is 6.04 Å². The van der Waals surface area contributed by atoms with Crippen molar-refractivity contribution in [1.82, 2.24) is 10.6 Å². The van der Waals surface area contributed by atoms with Crippen molar-refractivity contribution in [3.8, 4) is 0 Å². The SMILES string of the molecule is Cc1ccccc1C(C)NC(=O)CC1CSCCN1. The zero-order valence-electron chi connectivity index (χ0n) is 11.6. The molecule has 2 N–H and O–H groups in total. The maximum absolute atomic E-state index is 12.0. The fourth-order valence-corrected chi connectivity index (χ4v) is 3.37. The molecule has 1 aromatic carbocycles. The van der Waals surface area contributed by atoms with Crippen LogP contribution in [0.3, 0.4) is 0 Å². The van der Waals surface area contributed by atoms with Gasteiger partial charge in [0.25, 0.3) is 0 Å². The number of amides is 1. The van der Waals surface area contributed by atoms with Gasteiger partial charge in [0.2, 0.25) is 5.91 Å². The fourth-order valence-electron chi connectivity index (χ4n) is 2.43. The second-order valence-corrected chi connectivity index (χ2v) is 6.23. The molecule has 1 fully saturated rings. The highest BCUT2D eigenvalue weighted by molar-refractivity contribution is 7.99. The summed E-state index contributed by atoms with van der Waals surface area (Å²) in [6.07, 6.45) is 0.573. The molecule has 0 radical (unpaired) electrons. The normalized spacial score (nSPS) is 20.8. The van der Waals surface area contributed by atoms with Gasteiger partial charge in [-0.3, -0.25) is 4.79 Å². The second-order valence-electron chi connectivity index (χ2n) is 5.08. The summed E-state index contributed by atoms with van der Waals surface area (Å²) in [6, 6.07) is 8.60. The molecule has 1 aliphatic heterocycles. The van der Waals surface area contributed by atoms with E-state index < -0.39 is 0 Å². The van der Waals surface area contributed by atoms with E-state index in [4.69, 9.17) is 0 Å². The minimum absolute atomic E-state index is 0.0740. The van der Waals surface area contributed by atoms with E-state index in [9.17, 15) is 4.79 Å². The Morgan fingerprint density at radius 1 is 1.53 bits per heavy atom. The molecule has 1 aromatic rings. The predicted octanol–water partition coefficient (Wildman–Crippen LogP) is 2.27. The number of thioether (sulfide) groups is 1. The summed E-state index contributed by atoms with van der Waals surface area (Å²) >= 11 is 1.92. The monoisotopic (exact) mass is 278 g/mol. The van der Waals surface area contributed by atoms with Gasteiger partial charge in [0, 0.05) is 30.5 Å². The molecule has 4 heteroatoms. The van der Waals surface area contributed by atoms with Gasteiger partial charge < -0.3 is 10.6 Å². The van der Waals surface area contributed by atoms with Crippen molar-refractivity contribution in [3.63, 3.8) is 0 Å². The predicted molar refractivity (Wildman–Crippen MR) is 81.5 cm³/mol. The van der Waals surface area contributed by atoms with Crippen molar-refractivity contribution in [3.05, 3.63) is 35.4 Å². The first-order chi connectivity index (χ1) is 9.16. The van der Waals surface area contributed by atoms with E-state index in [1.165, 1.54) is 11.1 Å². The molecule has 1 heterocycles. The van der Waals surface area contributed by atoms with E-state index in [0.717, 1.165) is 18.1 Å². The molecule has 0 aliphatic carbocycles. The number of carbonyl (C=O) groups is 1. The third-order valence-electron chi connectivity index (χ3n) is 3.46. The number of benzene rings is 1. The molecular formula is C15H22N2OS. The Hall–Kier alpha value is -1.000. The van der Waals surface area contributed by atoms with Crippen LogP contribution in [0.5, 0.6) is 0 Å². The van der Waals surface area contributed by atoms with Crippen LogP contribution >= 0.6 is 11.8 Å². The summed E-state index contributed by atoms with van der Waals surface area (Å²) in [5, 5.41) is 6.49. The van der Waals surface area contributed by atoms with Gasteiger partial charge in [0.1, 0.15) is 0 Å². The first kappa shape index (κ1) is 14.4. The lowest BCUT2D eigenvalue weighted by Crippen LogP contribution is -2.41. The van der Waals surface area contributed by atoms with E-state index in [1.54, 1.807) is 0 Å². The number of hydrogen-bond acceptors (Lipinski definition) is 3. The lowest BCUT2D eigenvalue weighted by Gasteiger charge is -2.24. The summed E-state index contributed by atoms with van der Waals surface area (Å²) in [7, 11) is 0. The van der Waals surface area contributed by atoms with Gasteiger partial charge >= 0.3 is 0 Å². The molecule has 1 saturated heterocycles. The fraction of sp³-hybridized carbons (Fsp3) is 0.533. The molecule has 2 rings (SSSR count). The van der Waals surface area contributed by atoms with E-state index in [1.807, 2.05) is 30.8 Å². The third kappa shape index (κ3) is 4.25. The summed E-state index contributed by atoms with van der Waals surface area (Å²) in [5.74, 6) is 2.32. The van der Waals surface area contributed by atoms with Gasteiger partial charge in [-0.15, -0.1) is 0 Å². The minimum Gasteiger partial charge on any atom is -0.350 e. The second kappa shape index (κ2) is 6.96. The summed E-state index contributed by atoms with van der Waals surface area (Å²) < 4.78 is 0. The van der Waals surface area contributed by atoms with Crippen molar-refractivity contribution < 1.29 is 4.79 Å². The Morgan fingerprint density at radius 3 is 3.00 bits per heavy atom. The maximum Gasteiger partial charge on any atom is 0.222 e. The van der Waals surface area contributed by atoms with Gasteiger partial charge in [-0.2, -0.15) is 11.8 Å². The number of aryl methyl sites for hydroxylation is 1. The Morgan fingerprint density at radius 2 is 2.32 bits per heavy atom. The first-order valence-corrected chi connectivity index (χ1v) is 7.98. The molecule has 0 aromatic heterocycles. The standard InChI is InChI=1S/C15H22N2OS/c1-11-5-3-4-6-14(11)12(2)17-15(18)9-13-10-19-8-7-16-13/h3-6,12-13,16H,7-10H2,1-2H3,(H,17,18). The lowest BCUT2D eigenvalue weighted by molar-refractivity contribution is -0.122. The Kier molecular flexibility index (Phi) is 5.28. The molecule has 19 heavy (non-hydrogen) atoms. The van der Waals surface area contributed by atoms with Crippen LogP contribution in [0.1, 0.15) is 30.5 Å². The molecule has 3 nitrogen and oxygen atoms in total. The Labute approximate surface area is 119 Å². The van der Waals surface area contributed by atoms with Crippen molar-refractivity contribution in [2.45, 2.75) is 32.4 Å². The van der Waals surface area contributed by atoms with Crippen molar-refractivity contribution in [2.75, 3.05) is 18.1 Å². The highest BCUT2D eigenvalue weighted by atomic mass is 32.2. The van der Waals surface area contributed by atoms with Crippen LogP contribution in [0.2, 0.25) is 0 Å². The smallest absolute Gasteiger partial charge is 0.222 e. The maximum atomic E-state index is 12.0. The van der Waals surface area contributed by atoms with E-state index in [2.05, 4.69) is 29.7 Å². The topological polar surface area (TPSA) is 41.1 Å². The van der Waals surface area contributed by atoms with Gasteiger partial charge in [-0.25, -0.2) is 0 Å². The zero-order valence-corrected chi connectivity index (χ0v) is 12.4. The number of hydrogen-bond donors (Lipinski definition) is 2. The largest absolute Gasteiger partial charge is 0.350 e. The number of rotatable bonds is 4. The Balaban J connectivity index is 1.86. The van der Waals surface area contributed by atoms with Gasteiger partial charge in [0.15, 0.2) is 0 Å². The molecular weight excluding hydrogens is 256 g/mol. The third-order valence-corrected chi connectivity index (χ3v) is 4.59.